The number of amides is 2. The molecule has 1 saturated heterocycles. The molecule has 0 saturated carbocycles. The first-order valence-electron chi connectivity index (χ1n) is 10.6. The minimum Gasteiger partial charge on any atom is -0.384 e. The van der Waals surface area contributed by atoms with Crippen molar-refractivity contribution in [2.24, 2.45) is 0 Å². The standard InChI is InChI=1S/C23H28FN3O5S/c1-16-4-6-19(14-17(16)2)33(30,31)27-11-9-26(10-12-27)23(29)20-15-18(24)5-7-21(20)25-22(28)8-13-32-3/h4-7,14-15H,8-13H2,1-3H3,(H,25,28). The maximum atomic E-state index is 13.9. The summed E-state index contributed by atoms with van der Waals surface area (Å²) in [6, 6.07) is 8.58. The number of ether oxygens (including phenoxy) is 1. The summed E-state index contributed by atoms with van der Waals surface area (Å²) in [7, 11) is -2.22. The van der Waals surface area contributed by atoms with Gasteiger partial charge in [-0.05, 0) is 55.3 Å². The van der Waals surface area contributed by atoms with Crippen LogP contribution in [-0.4, -0.2) is 69.3 Å². The molecule has 0 aliphatic carbocycles. The van der Waals surface area contributed by atoms with Crippen LogP contribution in [0.25, 0.3) is 0 Å². The van der Waals surface area contributed by atoms with Crippen LogP contribution in [-0.2, 0) is 19.6 Å². The number of sulfonamides is 1. The molecule has 33 heavy (non-hydrogen) atoms. The normalized spacial score (nSPS) is 14.8. The average molecular weight is 478 g/mol. The minimum atomic E-state index is -3.69. The van der Waals surface area contributed by atoms with Crippen LogP contribution >= 0.6 is 0 Å². The lowest BCUT2D eigenvalue weighted by Crippen LogP contribution is -2.50. The summed E-state index contributed by atoms with van der Waals surface area (Å²) in [5.74, 6) is -1.44. The topological polar surface area (TPSA) is 96.0 Å². The van der Waals surface area contributed by atoms with Gasteiger partial charge in [-0.15, -0.1) is 0 Å². The van der Waals surface area contributed by atoms with Crippen molar-refractivity contribution in [1.29, 1.82) is 0 Å². The van der Waals surface area contributed by atoms with Crippen LogP contribution in [0.15, 0.2) is 41.3 Å². The number of halogens is 1. The fourth-order valence-electron chi connectivity index (χ4n) is 3.54. The van der Waals surface area contributed by atoms with E-state index in [1.165, 1.54) is 22.4 Å². The predicted octanol–water partition coefficient (Wildman–Crippen LogP) is 2.56. The smallest absolute Gasteiger partial charge is 0.256 e. The highest BCUT2D eigenvalue weighted by Gasteiger charge is 2.31. The molecular weight excluding hydrogens is 449 g/mol. The molecular formula is C23H28FN3O5S. The highest BCUT2D eigenvalue weighted by Crippen LogP contribution is 2.23. The molecule has 0 radical (unpaired) electrons. The van der Waals surface area contributed by atoms with Gasteiger partial charge in [0, 0.05) is 33.3 Å². The Morgan fingerprint density at radius 2 is 1.73 bits per heavy atom. The quantitative estimate of drug-likeness (QED) is 0.661. The Bertz CT molecular complexity index is 1140. The van der Waals surface area contributed by atoms with Gasteiger partial charge in [-0.25, -0.2) is 12.8 Å². The van der Waals surface area contributed by atoms with Crippen molar-refractivity contribution in [3.63, 3.8) is 0 Å². The van der Waals surface area contributed by atoms with E-state index in [9.17, 15) is 22.4 Å². The Morgan fingerprint density at radius 3 is 2.36 bits per heavy atom. The number of methoxy groups -OCH3 is 1. The Labute approximate surface area is 193 Å². The van der Waals surface area contributed by atoms with Gasteiger partial charge in [-0.2, -0.15) is 4.31 Å². The first-order valence-corrected chi connectivity index (χ1v) is 12.0. The third-order valence-electron chi connectivity index (χ3n) is 5.66. The summed E-state index contributed by atoms with van der Waals surface area (Å²) in [4.78, 5) is 26.8. The van der Waals surface area contributed by atoms with Gasteiger partial charge in [0.2, 0.25) is 15.9 Å². The maximum Gasteiger partial charge on any atom is 0.256 e. The molecule has 2 aromatic rings. The highest BCUT2D eigenvalue weighted by atomic mass is 32.2. The Kier molecular flexibility index (Phi) is 7.83. The Hall–Kier alpha value is -2.82. The van der Waals surface area contributed by atoms with Gasteiger partial charge in [-0.3, -0.25) is 9.59 Å². The zero-order chi connectivity index (χ0) is 24.2. The Morgan fingerprint density at radius 1 is 1.03 bits per heavy atom. The number of carbonyl (C=O) groups excluding carboxylic acids is 2. The lowest BCUT2D eigenvalue weighted by Gasteiger charge is -2.34. The van der Waals surface area contributed by atoms with E-state index in [4.69, 9.17) is 4.74 Å². The van der Waals surface area contributed by atoms with Crippen LogP contribution in [0.3, 0.4) is 0 Å². The van der Waals surface area contributed by atoms with Gasteiger partial charge in [0.25, 0.3) is 5.91 Å². The van der Waals surface area contributed by atoms with E-state index in [0.29, 0.717) is 0 Å². The largest absolute Gasteiger partial charge is 0.384 e. The predicted molar refractivity (Wildman–Crippen MR) is 122 cm³/mol. The van der Waals surface area contributed by atoms with E-state index < -0.39 is 21.7 Å². The number of nitrogens with zero attached hydrogens (tertiary/aromatic N) is 2. The minimum absolute atomic E-state index is 0.0197. The molecule has 10 heteroatoms. The zero-order valence-electron chi connectivity index (χ0n) is 18.9. The molecule has 2 aromatic carbocycles. The van der Waals surface area contributed by atoms with Crippen molar-refractivity contribution in [1.82, 2.24) is 9.21 Å². The molecule has 3 rings (SSSR count). The molecule has 178 valence electrons. The van der Waals surface area contributed by atoms with Crippen LogP contribution in [0.2, 0.25) is 0 Å². The number of benzene rings is 2. The number of anilines is 1. The van der Waals surface area contributed by atoms with Gasteiger partial charge in [0.05, 0.1) is 29.2 Å². The number of hydrogen-bond donors (Lipinski definition) is 1. The molecule has 1 aliphatic rings. The van der Waals surface area contributed by atoms with Crippen LogP contribution in [0.4, 0.5) is 10.1 Å². The lowest BCUT2D eigenvalue weighted by molar-refractivity contribution is -0.117. The first-order chi connectivity index (χ1) is 15.6. The third-order valence-corrected chi connectivity index (χ3v) is 7.56. The van der Waals surface area contributed by atoms with Crippen LogP contribution in [0.5, 0.6) is 0 Å². The summed E-state index contributed by atoms with van der Waals surface area (Å²) in [5, 5.41) is 2.62. The zero-order valence-corrected chi connectivity index (χ0v) is 19.7. The van der Waals surface area contributed by atoms with Crippen LogP contribution in [0, 0.1) is 19.7 Å². The van der Waals surface area contributed by atoms with Gasteiger partial charge >= 0.3 is 0 Å². The number of carbonyl (C=O) groups is 2. The SMILES string of the molecule is COCCC(=O)Nc1ccc(F)cc1C(=O)N1CCN(S(=O)(=O)c2ccc(C)c(C)c2)CC1. The van der Waals surface area contributed by atoms with Gasteiger partial charge < -0.3 is 15.0 Å². The molecule has 0 spiro atoms. The number of hydrogen-bond acceptors (Lipinski definition) is 5. The molecule has 0 aromatic heterocycles. The molecule has 8 nitrogen and oxygen atoms in total. The maximum absolute atomic E-state index is 13.9. The van der Waals surface area contributed by atoms with Gasteiger partial charge in [0.1, 0.15) is 5.82 Å². The fraction of sp³-hybridized carbons (Fsp3) is 0.391. The van der Waals surface area contributed by atoms with Gasteiger partial charge in [0.15, 0.2) is 0 Å². The van der Waals surface area contributed by atoms with E-state index in [1.54, 1.807) is 18.2 Å². The molecule has 0 atom stereocenters. The molecule has 1 heterocycles. The van der Waals surface area contributed by atoms with E-state index in [-0.39, 0.29) is 61.3 Å². The molecule has 1 N–H and O–H groups in total. The highest BCUT2D eigenvalue weighted by molar-refractivity contribution is 7.89. The number of aryl methyl sites for hydroxylation is 2. The molecule has 1 fully saturated rings. The van der Waals surface area contributed by atoms with Crippen molar-refractivity contribution >= 4 is 27.5 Å². The summed E-state index contributed by atoms with van der Waals surface area (Å²) >= 11 is 0. The second kappa shape index (κ2) is 10.4. The summed E-state index contributed by atoms with van der Waals surface area (Å²) in [5.41, 5.74) is 2.11. The monoisotopic (exact) mass is 477 g/mol. The van der Waals surface area contributed by atoms with Crippen LogP contribution in [0.1, 0.15) is 27.9 Å². The number of nitrogens with one attached hydrogen (secondary N) is 1. The van der Waals surface area contributed by atoms with Crippen molar-refractivity contribution in [3.05, 3.63) is 58.9 Å². The van der Waals surface area contributed by atoms with Crippen LogP contribution < -0.4 is 5.32 Å². The Balaban J connectivity index is 1.72. The average Bonchev–Trinajstić information content (AvgIpc) is 2.80. The van der Waals surface area contributed by atoms with E-state index in [2.05, 4.69) is 5.32 Å². The fourth-order valence-corrected chi connectivity index (χ4v) is 5.04. The van der Waals surface area contributed by atoms with Gasteiger partial charge in [-0.1, -0.05) is 6.07 Å². The third kappa shape index (κ3) is 5.76. The van der Waals surface area contributed by atoms with E-state index in [1.807, 2.05) is 13.8 Å². The van der Waals surface area contributed by atoms with E-state index in [0.717, 1.165) is 23.3 Å². The van der Waals surface area contributed by atoms with Crippen molar-refractivity contribution in [2.75, 3.05) is 45.2 Å². The summed E-state index contributed by atoms with van der Waals surface area (Å²) in [6.07, 6.45) is 0.0938. The second-order valence-corrected chi connectivity index (χ2v) is 9.86. The number of rotatable bonds is 7. The lowest BCUT2D eigenvalue weighted by atomic mass is 10.1. The molecule has 0 bridgehead atoms. The summed E-state index contributed by atoms with van der Waals surface area (Å²) < 4.78 is 46.1. The molecule has 0 unspecified atom stereocenters. The summed E-state index contributed by atoms with van der Waals surface area (Å²) in [6.45, 7) is 4.52. The molecule has 2 amide bonds. The van der Waals surface area contributed by atoms with Crippen molar-refractivity contribution < 1.29 is 27.1 Å². The second-order valence-electron chi connectivity index (χ2n) is 7.92. The van der Waals surface area contributed by atoms with Crippen molar-refractivity contribution in [3.8, 4) is 0 Å². The number of piperazine rings is 1. The van der Waals surface area contributed by atoms with Crippen molar-refractivity contribution in [2.45, 2.75) is 25.2 Å². The molecule has 1 aliphatic heterocycles. The van der Waals surface area contributed by atoms with E-state index >= 15 is 0 Å². The first kappa shape index (κ1) is 24.8.